The van der Waals surface area contributed by atoms with Gasteiger partial charge in [-0.2, -0.15) is 0 Å². The molecule has 0 aromatic carbocycles. The van der Waals surface area contributed by atoms with Crippen LogP contribution in [0.25, 0.3) is 0 Å². The molecule has 0 saturated carbocycles. The molecule has 2 unspecified atom stereocenters. The Morgan fingerprint density at radius 3 is 2.43 bits per heavy atom. The van der Waals surface area contributed by atoms with Gasteiger partial charge in [-0.3, -0.25) is 0 Å². The summed E-state index contributed by atoms with van der Waals surface area (Å²) in [4.78, 5) is 15.5. The number of hydrogen-bond donors (Lipinski definition) is 1. The fourth-order valence-corrected chi connectivity index (χ4v) is 1.28. The SMILES string of the molecule is CC(C)CC1=NC(C)(C(C)O)OC1=O. The van der Waals surface area contributed by atoms with Crippen LogP contribution >= 0.6 is 0 Å². The van der Waals surface area contributed by atoms with E-state index in [4.69, 9.17) is 4.74 Å². The lowest BCUT2D eigenvalue weighted by Gasteiger charge is -2.22. The van der Waals surface area contributed by atoms with Gasteiger partial charge in [-0.15, -0.1) is 0 Å². The van der Waals surface area contributed by atoms with Crippen LogP contribution in [0.4, 0.5) is 0 Å². The third-order valence-electron chi connectivity index (χ3n) is 2.27. The second-order valence-electron chi connectivity index (χ2n) is 4.28. The molecule has 0 bridgehead atoms. The number of carbonyl (C=O) groups excluding carboxylic acids is 1. The third kappa shape index (κ3) is 2.12. The van der Waals surface area contributed by atoms with Crippen molar-refractivity contribution in [3.8, 4) is 0 Å². The van der Waals surface area contributed by atoms with Gasteiger partial charge in [-0.25, -0.2) is 9.79 Å². The van der Waals surface area contributed by atoms with E-state index in [1.165, 1.54) is 0 Å². The van der Waals surface area contributed by atoms with Crippen molar-refractivity contribution in [2.24, 2.45) is 10.9 Å². The van der Waals surface area contributed by atoms with Gasteiger partial charge in [0.15, 0.2) is 0 Å². The Labute approximate surface area is 84.0 Å². The summed E-state index contributed by atoms with van der Waals surface area (Å²) < 4.78 is 5.03. The average molecular weight is 199 g/mol. The highest BCUT2D eigenvalue weighted by Gasteiger charge is 2.41. The normalized spacial score (nSPS) is 29.0. The molecule has 4 heteroatoms. The van der Waals surface area contributed by atoms with Crippen molar-refractivity contribution in [2.75, 3.05) is 0 Å². The maximum Gasteiger partial charge on any atom is 0.354 e. The zero-order valence-corrected chi connectivity index (χ0v) is 9.07. The molecule has 0 fully saturated rings. The molecule has 0 aromatic rings. The van der Waals surface area contributed by atoms with E-state index in [0.29, 0.717) is 18.1 Å². The Kier molecular flexibility index (Phi) is 2.95. The number of carbonyl (C=O) groups is 1. The highest BCUT2D eigenvalue weighted by molar-refractivity contribution is 6.37. The molecule has 0 aliphatic carbocycles. The van der Waals surface area contributed by atoms with Crippen LogP contribution in [0.3, 0.4) is 0 Å². The second kappa shape index (κ2) is 3.69. The number of aliphatic imine (C=N–C) groups is 1. The molecule has 0 amide bonds. The standard InChI is InChI=1S/C10H17NO3/c1-6(2)5-8-9(13)14-10(4,11-8)7(3)12/h6-7,12H,5H2,1-4H3. The van der Waals surface area contributed by atoms with Crippen LogP contribution in [0.1, 0.15) is 34.1 Å². The van der Waals surface area contributed by atoms with Gasteiger partial charge in [0.25, 0.3) is 0 Å². The summed E-state index contributed by atoms with van der Waals surface area (Å²) in [5.41, 5.74) is -0.648. The van der Waals surface area contributed by atoms with Gasteiger partial charge in [0.05, 0.1) is 0 Å². The number of esters is 1. The molecule has 1 N–H and O–H groups in total. The quantitative estimate of drug-likeness (QED) is 0.693. The van der Waals surface area contributed by atoms with Crippen LogP contribution in [-0.2, 0) is 9.53 Å². The number of ether oxygens (including phenoxy) is 1. The predicted octanol–water partition coefficient (Wildman–Crippen LogP) is 1.13. The van der Waals surface area contributed by atoms with Crippen LogP contribution < -0.4 is 0 Å². The van der Waals surface area contributed by atoms with E-state index in [1.54, 1.807) is 13.8 Å². The van der Waals surface area contributed by atoms with E-state index in [1.807, 2.05) is 13.8 Å². The molecule has 4 nitrogen and oxygen atoms in total. The van der Waals surface area contributed by atoms with Crippen LogP contribution in [0.2, 0.25) is 0 Å². The largest absolute Gasteiger partial charge is 0.430 e. The van der Waals surface area contributed by atoms with Crippen molar-refractivity contribution in [2.45, 2.75) is 45.9 Å². The molecule has 0 saturated heterocycles. The lowest BCUT2D eigenvalue weighted by molar-refractivity contribution is -0.154. The molecule has 0 aromatic heterocycles. The van der Waals surface area contributed by atoms with Gasteiger partial charge in [0, 0.05) is 0 Å². The van der Waals surface area contributed by atoms with Gasteiger partial charge < -0.3 is 9.84 Å². The Hall–Kier alpha value is -0.900. The maximum absolute atomic E-state index is 11.4. The first kappa shape index (κ1) is 11.2. The molecule has 80 valence electrons. The van der Waals surface area contributed by atoms with Gasteiger partial charge in [-0.1, -0.05) is 13.8 Å². The highest BCUT2D eigenvalue weighted by Crippen LogP contribution is 2.25. The summed E-state index contributed by atoms with van der Waals surface area (Å²) in [6.45, 7) is 7.19. The Morgan fingerprint density at radius 2 is 2.07 bits per heavy atom. The Bertz CT molecular complexity index is 271. The summed E-state index contributed by atoms with van der Waals surface area (Å²) in [5.74, 6) is -0.0419. The molecule has 2 atom stereocenters. The van der Waals surface area contributed by atoms with Crippen LogP contribution in [0, 0.1) is 5.92 Å². The minimum absolute atomic E-state index is 0.359. The van der Waals surface area contributed by atoms with Crippen molar-refractivity contribution in [3.63, 3.8) is 0 Å². The third-order valence-corrected chi connectivity index (χ3v) is 2.27. The molecule has 1 rings (SSSR count). The first-order valence-corrected chi connectivity index (χ1v) is 4.85. The Morgan fingerprint density at radius 1 is 1.50 bits per heavy atom. The van der Waals surface area contributed by atoms with Crippen molar-refractivity contribution in [3.05, 3.63) is 0 Å². The summed E-state index contributed by atoms with van der Waals surface area (Å²) >= 11 is 0. The van der Waals surface area contributed by atoms with Gasteiger partial charge in [-0.05, 0) is 26.2 Å². The topological polar surface area (TPSA) is 58.9 Å². The predicted molar refractivity (Wildman–Crippen MR) is 53.1 cm³/mol. The number of cyclic esters (lactones) is 1. The fraction of sp³-hybridized carbons (Fsp3) is 0.800. The molecule has 1 aliphatic rings. The van der Waals surface area contributed by atoms with Crippen LogP contribution in [0.5, 0.6) is 0 Å². The number of aliphatic hydroxyl groups is 1. The molecule has 1 heterocycles. The molecule has 0 radical (unpaired) electrons. The van der Waals surface area contributed by atoms with E-state index in [-0.39, 0.29) is 0 Å². The summed E-state index contributed by atoms with van der Waals surface area (Å²) in [6.07, 6.45) is -0.183. The molecular weight excluding hydrogens is 182 g/mol. The zero-order valence-electron chi connectivity index (χ0n) is 9.07. The summed E-state index contributed by atoms with van der Waals surface area (Å²) in [5, 5.41) is 9.40. The molecular formula is C10H17NO3. The highest BCUT2D eigenvalue weighted by atomic mass is 16.6. The Balaban J connectivity index is 2.82. The van der Waals surface area contributed by atoms with Crippen molar-refractivity contribution < 1.29 is 14.6 Å². The van der Waals surface area contributed by atoms with E-state index in [0.717, 1.165) is 0 Å². The maximum atomic E-state index is 11.4. The summed E-state index contributed by atoms with van der Waals surface area (Å²) in [7, 11) is 0. The number of aliphatic hydroxyl groups excluding tert-OH is 1. The van der Waals surface area contributed by atoms with Gasteiger partial charge >= 0.3 is 5.97 Å². The van der Waals surface area contributed by atoms with Crippen molar-refractivity contribution >= 4 is 11.7 Å². The first-order valence-electron chi connectivity index (χ1n) is 4.85. The lowest BCUT2D eigenvalue weighted by Crippen LogP contribution is -2.36. The minimum atomic E-state index is -1.08. The molecule has 14 heavy (non-hydrogen) atoms. The van der Waals surface area contributed by atoms with E-state index in [9.17, 15) is 9.90 Å². The first-order chi connectivity index (χ1) is 6.35. The molecule has 1 aliphatic heterocycles. The van der Waals surface area contributed by atoms with E-state index < -0.39 is 17.8 Å². The number of hydrogen-bond acceptors (Lipinski definition) is 4. The van der Waals surface area contributed by atoms with Crippen LogP contribution in [0.15, 0.2) is 4.99 Å². The van der Waals surface area contributed by atoms with Crippen molar-refractivity contribution in [1.29, 1.82) is 0 Å². The van der Waals surface area contributed by atoms with Crippen LogP contribution in [-0.4, -0.2) is 28.6 Å². The van der Waals surface area contributed by atoms with Crippen molar-refractivity contribution in [1.82, 2.24) is 0 Å². The minimum Gasteiger partial charge on any atom is -0.430 e. The lowest BCUT2D eigenvalue weighted by atomic mass is 10.1. The second-order valence-corrected chi connectivity index (χ2v) is 4.28. The van der Waals surface area contributed by atoms with E-state index in [2.05, 4.69) is 4.99 Å². The molecule has 0 spiro atoms. The average Bonchev–Trinajstić information content (AvgIpc) is 2.27. The smallest absolute Gasteiger partial charge is 0.354 e. The van der Waals surface area contributed by atoms with E-state index >= 15 is 0 Å². The van der Waals surface area contributed by atoms with Gasteiger partial charge in [0.1, 0.15) is 11.8 Å². The zero-order chi connectivity index (χ0) is 10.9. The van der Waals surface area contributed by atoms with Gasteiger partial charge in [0.2, 0.25) is 5.72 Å². The monoisotopic (exact) mass is 199 g/mol. The number of nitrogens with zero attached hydrogens (tertiary/aromatic N) is 1. The fourth-order valence-electron chi connectivity index (χ4n) is 1.28. The number of rotatable bonds is 3. The summed E-state index contributed by atoms with van der Waals surface area (Å²) in [6, 6.07) is 0.